The third kappa shape index (κ3) is 3.82. The Morgan fingerprint density at radius 2 is 1.54 bits per heavy atom. The number of methoxy groups -OCH3 is 2. The van der Waals surface area contributed by atoms with Crippen LogP contribution in [0.3, 0.4) is 0 Å². The summed E-state index contributed by atoms with van der Waals surface area (Å²) in [6.07, 6.45) is 0. The van der Waals surface area contributed by atoms with Crippen molar-refractivity contribution in [1.82, 2.24) is 0 Å². The van der Waals surface area contributed by atoms with Crippen molar-refractivity contribution >= 4 is 23.2 Å². The van der Waals surface area contributed by atoms with Crippen molar-refractivity contribution in [1.29, 1.82) is 0 Å². The van der Waals surface area contributed by atoms with Crippen LogP contribution in [0.25, 0.3) is 5.57 Å². The van der Waals surface area contributed by atoms with Crippen LogP contribution >= 0.6 is 0 Å². The van der Waals surface area contributed by atoms with E-state index in [4.69, 9.17) is 14.2 Å². The van der Waals surface area contributed by atoms with Crippen LogP contribution in [0.2, 0.25) is 0 Å². The molecule has 0 saturated heterocycles. The van der Waals surface area contributed by atoms with Gasteiger partial charge in [0.15, 0.2) is 0 Å². The summed E-state index contributed by atoms with van der Waals surface area (Å²) in [5, 5.41) is 0. The van der Waals surface area contributed by atoms with E-state index in [0.717, 1.165) is 16.7 Å². The van der Waals surface area contributed by atoms with E-state index < -0.39 is 11.9 Å². The SMILES string of the molecule is C=C(c1ccccc1)c1ccc(N2COCC(C(=O)OC)=C2C(=O)OC)cc1. The van der Waals surface area contributed by atoms with Gasteiger partial charge in [-0.1, -0.05) is 49.0 Å². The van der Waals surface area contributed by atoms with Gasteiger partial charge in [-0.05, 0) is 28.8 Å². The molecule has 144 valence electrons. The van der Waals surface area contributed by atoms with E-state index in [-0.39, 0.29) is 24.6 Å². The summed E-state index contributed by atoms with van der Waals surface area (Å²) in [6, 6.07) is 17.4. The summed E-state index contributed by atoms with van der Waals surface area (Å²) >= 11 is 0. The van der Waals surface area contributed by atoms with Gasteiger partial charge in [-0.2, -0.15) is 0 Å². The van der Waals surface area contributed by atoms with E-state index in [1.165, 1.54) is 14.2 Å². The van der Waals surface area contributed by atoms with Crippen molar-refractivity contribution < 1.29 is 23.8 Å². The van der Waals surface area contributed by atoms with Gasteiger partial charge in [0.25, 0.3) is 0 Å². The molecule has 2 aromatic carbocycles. The summed E-state index contributed by atoms with van der Waals surface area (Å²) in [6.45, 7) is 4.25. The molecule has 0 bridgehead atoms. The lowest BCUT2D eigenvalue weighted by molar-refractivity contribution is -0.140. The first kappa shape index (κ1) is 19.4. The molecule has 0 aromatic heterocycles. The van der Waals surface area contributed by atoms with Crippen LogP contribution in [-0.2, 0) is 23.8 Å². The van der Waals surface area contributed by atoms with E-state index in [2.05, 4.69) is 6.58 Å². The molecule has 3 rings (SSSR count). The largest absolute Gasteiger partial charge is 0.466 e. The summed E-state index contributed by atoms with van der Waals surface area (Å²) in [5.74, 6) is -1.25. The number of carbonyl (C=O) groups is 2. The van der Waals surface area contributed by atoms with E-state index in [0.29, 0.717) is 5.69 Å². The lowest BCUT2D eigenvalue weighted by Gasteiger charge is -2.31. The molecule has 0 unspecified atom stereocenters. The number of hydrogen-bond acceptors (Lipinski definition) is 6. The lowest BCUT2D eigenvalue weighted by Crippen LogP contribution is -2.38. The molecule has 1 aliphatic heterocycles. The molecular weight excluding hydrogens is 358 g/mol. The van der Waals surface area contributed by atoms with Gasteiger partial charge in [0, 0.05) is 5.69 Å². The summed E-state index contributed by atoms with van der Waals surface area (Å²) in [7, 11) is 2.53. The predicted molar refractivity (Wildman–Crippen MR) is 105 cm³/mol. The first-order chi connectivity index (χ1) is 13.6. The monoisotopic (exact) mass is 379 g/mol. The number of anilines is 1. The molecular formula is C22H21NO5. The number of rotatable bonds is 5. The zero-order chi connectivity index (χ0) is 20.1. The molecule has 1 aliphatic rings. The first-order valence-electron chi connectivity index (χ1n) is 8.66. The molecule has 0 fully saturated rings. The Morgan fingerprint density at radius 3 is 2.14 bits per heavy atom. The van der Waals surface area contributed by atoms with Crippen molar-refractivity contribution in [2.45, 2.75) is 0 Å². The number of ether oxygens (including phenoxy) is 3. The third-order valence-electron chi connectivity index (χ3n) is 4.48. The minimum atomic E-state index is -0.626. The normalized spacial score (nSPS) is 13.9. The summed E-state index contributed by atoms with van der Waals surface area (Å²) < 4.78 is 15.1. The molecule has 6 nitrogen and oxygen atoms in total. The maximum Gasteiger partial charge on any atom is 0.355 e. The highest BCUT2D eigenvalue weighted by atomic mass is 16.5. The van der Waals surface area contributed by atoms with Crippen LogP contribution in [0, 0.1) is 0 Å². The Kier molecular flexibility index (Phi) is 5.91. The Hall–Kier alpha value is -3.38. The van der Waals surface area contributed by atoms with Crippen molar-refractivity contribution in [3.8, 4) is 0 Å². The van der Waals surface area contributed by atoms with Gasteiger partial charge in [-0.15, -0.1) is 0 Å². The van der Waals surface area contributed by atoms with Crippen LogP contribution in [0.4, 0.5) is 5.69 Å². The molecule has 0 N–H and O–H groups in total. The zero-order valence-corrected chi connectivity index (χ0v) is 15.8. The van der Waals surface area contributed by atoms with E-state index in [1.807, 2.05) is 54.6 Å². The van der Waals surface area contributed by atoms with Crippen molar-refractivity contribution in [2.24, 2.45) is 0 Å². The number of esters is 2. The molecule has 0 atom stereocenters. The van der Waals surface area contributed by atoms with E-state index in [1.54, 1.807) is 4.90 Å². The Labute approximate surface area is 163 Å². The second-order valence-electron chi connectivity index (χ2n) is 6.11. The number of benzene rings is 2. The fourth-order valence-corrected chi connectivity index (χ4v) is 3.00. The number of hydrogen-bond donors (Lipinski definition) is 0. The number of nitrogens with zero attached hydrogens (tertiary/aromatic N) is 1. The average Bonchev–Trinajstić information content (AvgIpc) is 2.77. The van der Waals surface area contributed by atoms with Gasteiger partial charge < -0.3 is 19.1 Å². The number of carbonyl (C=O) groups excluding carboxylic acids is 2. The Bertz CT molecular complexity index is 916. The zero-order valence-electron chi connectivity index (χ0n) is 15.8. The predicted octanol–water partition coefficient (Wildman–Crippen LogP) is 3.14. The molecule has 0 aliphatic carbocycles. The Balaban J connectivity index is 1.94. The van der Waals surface area contributed by atoms with Crippen LogP contribution in [-0.4, -0.2) is 39.5 Å². The van der Waals surface area contributed by atoms with Gasteiger partial charge in [0.05, 0.1) is 26.4 Å². The summed E-state index contributed by atoms with van der Waals surface area (Å²) in [4.78, 5) is 26.0. The fraction of sp³-hybridized carbons (Fsp3) is 0.182. The van der Waals surface area contributed by atoms with Crippen LogP contribution in [0.15, 0.2) is 72.4 Å². The molecule has 2 aromatic rings. The minimum absolute atomic E-state index is 0.0174. The van der Waals surface area contributed by atoms with Crippen molar-refractivity contribution in [2.75, 3.05) is 32.5 Å². The second kappa shape index (κ2) is 8.54. The van der Waals surface area contributed by atoms with E-state index >= 15 is 0 Å². The summed E-state index contributed by atoms with van der Waals surface area (Å²) in [5.41, 5.74) is 3.80. The van der Waals surface area contributed by atoms with Crippen molar-refractivity contribution in [3.63, 3.8) is 0 Å². The molecule has 0 radical (unpaired) electrons. The second-order valence-corrected chi connectivity index (χ2v) is 6.11. The average molecular weight is 379 g/mol. The van der Waals surface area contributed by atoms with Crippen LogP contribution in [0.5, 0.6) is 0 Å². The molecule has 0 spiro atoms. The van der Waals surface area contributed by atoms with Crippen LogP contribution in [0.1, 0.15) is 11.1 Å². The maximum absolute atomic E-state index is 12.3. The van der Waals surface area contributed by atoms with Gasteiger partial charge in [-0.3, -0.25) is 0 Å². The lowest BCUT2D eigenvalue weighted by atomic mass is 9.99. The molecule has 0 saturated carbocycles. The minimum Gasteiger partial charge on any atom is -0.466 e. The topological polar surface area (TPSA) is 65.1 Å². The van der Waals surface area contributed by atoms with Gasteiger partial charge in [0.1, 0.15) is 12.4 Å². The van der Waals surface area contributed by atoms with Gasteiger partial charge in [-0.25, -0.2) is 9.59 Å². The van der Waals surface area contributed by atoms with Crippen molar-refractivity contribution in [3.05, 3.63) is 83.6 Å². The molecule has 28 heavy (non-hydrogen) atoms. The third-order valence-corrected chi connectivity index (χ3v) is 4.48. The molecule has 0 amide bonds. The quantitative estimate of drug-likeness (QED) is 0.744. The molecule has 1 heterocycles. The highest BCUT2D eigenvalue weighted by Crippen LogP contribution is 2.29. The highest BCUT2D eigenvalue weighted by Gasteiger charge is 2.32. The smallest absolute Gasteiger partial charge is 0.355 e. The maximum atomic E-state index is 12.3. The standard InChI is InChI=1S/C22H21NO5/c1-15(16-7-5-4-6-8-16)17-9-11-18(12-10-17)23-14-28-13-19(21(24)26-2)20(23)22(25)27-3/h4-12H,1,13-14H2,2-3H3. The highest BCUT2D eigenvalue weighted by molar-refractivity contribution is 6.03. The molecule has 6 heteroatoms. The van der Waals surface area contributed by atoms with E-state index in [9.17, 15) is 9.59 Å². The fourth-order valence-electron chi connectivity index (χ4n) is 3.00. The van der Waals surface area contributed by atoms with Gasteiger partial charge in [0.2, 0.25) is 0 Å². The first-order valence-corrected chi connectivity index (χ1v) is 8.66. The Morgan fingerprint density at radius 1 is 0.929 bits per heavy atom. The van der Waals surface area contributed by atoms with Crippen LogP contribution < -0.4 is 4.90 Å². The van der Waals surface area contributed by atoms with Gasteiger partial charge >= 0.3 is 11.9 Å².